The summed E-state index contributed by atoms with van der Waals surface area (Å²) < 4.78 is 1.99. The molecule has 5 nitrogen and oxygen atoms in total. The van der Waals surface area contributed by atoms with Crippen LogP contribution in [0, 0.1) is 12.3 Å². The van der Waals surface area contributed by atoms with Gasteiger partial charge in [-0.2, -0.15) is 0 Å². The molecule has 116 valence electrons. The molecule has 1 amide bonds. The van der Waals surface area contributed by atoms with Crippen LogP contribution in [0.25, 0.3) is 0 Å². The van der Waals surface area contributed by atoms with Crippen molar-refractivity contribution in [3.63, 3.8) is 0 Å². The van der Waals surface area contributed by atoms with Crippen molar-refractivity contribution < 1.29 is 4.79 Å². The summed E-state index contributed by atoms with van der Waals surface area (Å²) in [6.07, 6.45) is 9.94. The molecule has 2 aromatic rings. The second-order valence-corrected chi connectivity index (χ2v) is 6.16. The number of amides is 1. The maximum Gasteiger partial charge on any atom is 0.228 e. The zero-order valence-corrected chi connectivity index (χ0v) is 13.1. The number of aromatic nitrogens is 3. The van der Waals surface area contributed by atoms with E-state index in [1.165, 1.54) is 0 Å². The van der Waals surface area contributed by atoms with Crippen molar-refractivity contribution in [2.45, 2.75) is 45.7 Å². The molecular formula is C17H22N4O. The van der Waals surface area contributed by atoms with Crippen molar-refractivity contribution in [1.82, 2.24) is 19.9 Å². The lowest BCUT2D eigenvalue weighted by Gasteiger charge is -2.22. The number of imidazole rings is 1. The zero-order chi connectivity index (χ0) is 15.6. The van der Waals surface area contributed by atoms with Crippen LogP contribution < -0.4 is 5.32 Å². The van der Waals surface area contributed by atoms with Gasteiger partial charge in [0.25, 0.3) is 0 Å². The highest BCUT2D eigenvalue weighted by Crippen LogP contribution is 2.47. The molecule has 0 saturated heterocycles. The second kappa shape index (κ2) is 5.91. The van der Waals surface area contributed by atoms with Crippen LogP contribution in [0.15, 0.2) is 37.1 Å². The second-order valence-electron chi connectivity index (χ2n) is 6.16. The highest BCUT2D eigenvalue weighted by molar-refractivity contribution is 5.85. The van der Waals surface area contributed by atoms with Gasteiger partial charge in [-0.25, -0.2) is 4.98 Å². The molecule has 0 aromatic carbocycles. The van der Waals surface area contributed by atoms with Crippen molar-refractivity contribution in [3.8, 4) is 0 Å². The topological polar surface area (TPSA) is 59.8 Å². The molecule has 0 bridgehead atoms. The van der Waals surface area contributed by atoms with E-state index in [0.717, 1.165) is 30.5 Å². The minimum absolute atomic E-state index is 0.0195. The first kappa shape index (κ1) is 14.8. The molecule has 1 fully saturated rings. The number of nitrogens with one attached hydrogen (secondary N) is 1. The third-order valence-electron chi connectivity index (χ3n) is 4.47. The van der Waals surface area contributed by atoms with Gasteiger partial charge in [0, 0.05) is 25.1 Å². The van der Waals surface area contributed by atoms with E-state index in [-0.39, 0.29) is 17.4 Å². The summed E-state index contributed by atoms with van der Waals surface area (Å²) in [6.45, 7) is 4.82. The Kier molecular flexibility index (Phi) is 3.96. The Bertz CT molecular complexity index is 646. The molecule has 1 N–H and O–H groups in total. The highest BCUT2D eigenvalue weighted by atomic mass is 16.2. The SMILES string of the molecule is CC[C@H](NC(=O)C1(Cn2ccnc2)CC1)c1ncccc1C. The maximum atomic E-state index is 12.7. The average Bonchev–Trinajstić information content (AvgIpc) is 3.12. The lowest BCUT2D eigenvalue weighted by Crippen LogP contribution is -2.37. The average molecular weight is 298 g/mol. The van der Waals surface area contributed by atoms with E-state index in [0.29, 0.717) is 6.54 Å². The van der Waals surface area contributed by atoms with Gasteiger partial charge in [-0.05, 0) is 37.8 Å². The largest absolute Gasteiger partial charge is 0.347 e. The summed E-state index contributed by atoms with van der Waals surface area (Å²) in [5, 5.41) is 3.20. The van der Waals surface area contributed by atoms with E-state index >= 15 is 0 Å². The number of pyridine rings is 1. The monoisotopic (exact) mass is 298 g/mol. The molecule has 3 rings (SSSR count). The molecule has 0 spiro atoms. The fourth-order valence-corrected chi connectivity index (χ4v) is 2.88. The molecule has 1 saturated carbocycles. The quantitative estimate of drug-likeness (QED) is 0.892. The van der Waals surface area contributed by atoms with Crippen LogP contribution in [0.1, 0.15) is 43.5 Å². The van der Waals surface area contributed by atoms with Gasteiger partial charge >= 0.3 is 0 Å². The lowest BCUT2D eigenvalue weighted by atomic mass is 10.0. The molecule has 1 aliphatic carbocycles. The summed E-state index contributed by atoms with van der Waals surface area (Å²) in [7, 11) is 0. The summed E-state index contributed by atoms with van der Waals surface area (Å²) in [5.74, 6) is 0.137. The first-order valence-electron chi connectivity index (χ1n) is 7.83. The predicted molar refractivity (Wildman–Crippen MR) is 84.0 cm³/mol. The Balaban J connectivity index is 1.71. The molecule has 1 atom stereocenters. The van der Waals surface area contributed by atoms with Gasteiger partial charge in [0.05, 0.1) is 23.5 Å². The van der Waals surface area contributed by atoms with E-state index < -0.39 is 0 Å². The Labute approximate surface area is 130 Å². The number of carbonyl (C=O) groups is 1. The van der Waals surface area contributed by atoms with Gasteiger partial charge in [0.15, 0.2) is 0 Å². The summed E-state index contributed by atoms with van der Waals surface area (Å²) in [4.78, 5) is 21.2. The van der Waals surface area contributed by atoms with E-state index in [2.05, 4.69) is 22.2 Å². The van der Waals surface area contributed by atoms with Crippen molar-refractivity contribution in [2.75, 3.05) is 0 Å². The van der Waals surface area contributed by atoms with E-state index in [4.69, 9.17) is 0 Å². The number of rotatable bonds is 6. The minimum atomic E-state index is -0.267. The van der Waals surface area contributed by atoms with E-state index in [1.807, 2.05) is 29.8 Å². The molecule has 1 aliphatic rings. The number of nitrogens with zero attached hydrogens (tertiary/aromatic N) is 3. The summed E-state index contributed by atoms with van der Waals surface area (Å²) >= 11 is 0. The Morgan fingerprint density at radius 2 is 2.27 bits per heavy atom. The molecule has 2 heterocycles. The predicted octanol–water partition coefficient (Wildman–Crippen LogP) is 2.63. The zero-order valence-electron chi connectivity index (χ0n) is 13.1. The third-order valence-corrected chi connectivity index (χ3v) is 4.47. The van der Waals surface area contributed by atoms with Gasteiger partial charge in [0.1, 0.15) is 0 Å². The first-order chi connectivity index (χ1) is 10.6. The molecule has 0 aliphatic heterocycles. The molecule has 2 aromatic heterocycles. The molecule has 22 heavy (non-hydrogen) atoms. The fourth-order valence-electron chi connectivity index (χ4n) is 2.88. The van der Waals surface area contributed by atoms with Crippen LogP contribution in [0.5, 0.6) is 0 Å². The van der Waals surface area contributed by atoms with Crippen molar-refractivity contribution in [2.24, 2.45) is 5.41 Å². The van der Waals surface area contributed by atoms with E-state index in [9.17, 15) is 4.79 Å². The van der Waals surface area contributed by atoms with Gasteiger partial charge in [-0.1, -0.05) is 13.0 Å². The highest BCUT2D eigenvalue weighted by Gasteiger charge is 2.50. The van der Waals surface area contributed by atoms with Crippen LogP contribution in [-0.2, 0) is 11.3 Å². The smallest absolute Gasteiger partial charge is 0.228 e. The Hall–Kier alpha value is -2.17. The third kappa shape index (κ3) is 2.89. The molecule has 0 radical (unpaired) electrons. The van der Waals surface area contributed by atoms with Crippen molar-refractivity contribution in [1.29, 1.82) is 0 Å². The van der Waals surface area contributed by atoms with Crippen LogP contribution >= 0.6 is 0 Å². The van der Waals surface area contributed by atoms with Gasteiger partial charge in [-0.3, -0.25) is 9.78 Å². The number of hydrogen-bond acceptors (Lipinski definition) is 3. The lowest BCUT2D eigenvalue weighted by molar-refractivity contribution is -0.127. The van der Waals surface area contributed by atoms with Crippen molar-refractivity contribution in [3.05, 3.63) is 48.3 Å². The maximum absolute atomic E-state index is 12.7. The molecule has 5 heteroatoms. The van der Waals surface area contributed by atoms with Crippen LogP contribution in [0.3, 0.4) is 0 Å². The number of hydrogen-bond donors (Lipinski definition) is 1. The van der Waals surface area contributed by atoms with Crippen LogP contribution in [-0.4, -0.2) is 20.4 Å². The summed E-state index contributed by atoms with van der Waals surface area (Å²) in [5.41, 5.74) is 1.82. The van der Waals surface area contributed by atoms with Gasteiger partial charge in [-0.15, -0.1) is 0 Å². The van der Waals surface area contributed by atoms with Gasteiger partial charge < -0.3 is 9.88 Å². The Morgan fingerprint density at radius 3 is 2.86 bits per heavy atom. The molecule has 0 unspecified atom stereocenters. The number of aryl methyl sites for hydroxylation is 1. The number of carbonyl (C=O) groups excluding carboxylic acids is 1. The summed E-state index contributed by atoms with van der Waals surface area (Å²) in [6, 6.07) is 3.94. The van der Waals surface area contributed by atoms with Crippen LogP contribution in [0.2, 0.25) is 0 Å². The van der Waals surface area contributed by atoms with Gasteiger partial charge in [0.2, 0.25) is 5.91 Å². The van der Waals surface area contributed by atoms with Crippen LogP contribution in [0.4, 0.5) is 0 Å². The molecular weight excluding hydrogens is 276 g/mol. The normalized spacial score (nSPS) is 17.0. The van der Waals surface area contributed by atoms with Crippen molar-refractivity contribution >= 4 is 5.91 Å². The van der Waals surface area contributed by atoms with E-state index in [1.54, 1.807) is 18.7 Å². The standard InChI is InChI=1S/C17H22N4O/c1-3-14(15-13(2)5-4-8-19-15)20-16(22)17(6-7-17)11-21-10-9-18-12-21/h4-5,8-10,12,14H,3,6-7,11H2,1-2H3,(H,20,22)/t14-/m0/s1. The Morgan fingerprint density at radius 1 is 1.45 bits per heavy atom. The fraction of sp³-hybridized carbons (Fsp3) is 0.471. The minimum Gasteiger partial charge on any atom is -0.347 e. The first-order valence-corrected chi connectivity index (χ1v) is 7.83.